The van der Waals surface area contributed by atoms with Gasteiger partial charge in [0.05, 0.1) is 19.6 Å². The molecule has 1 atom stereocenters. The SMILES string of the molecule is COc1cc(Cl)c2c(c1OC)C(Cl)CCCC2. The first-order chi connectivity index (χ1) is 8.19. The smallest absolute Gasteiger partial charge is 0.165 e. The Labute approximate surface area is 112 Å². The minimum atomic E-state index is -0.0463. The van der Waals surface area contributed by atoms with Crippen LogP contribution in [0, 0.1) is 0 Å². The van der Waals surface area contributed by atoms with Crippen LogP contribution in [-0.2, 0) is 6.42 Å². The van der Waals surface area contributed by atoms with Crippen molar-refractivity contribution >= 4 is 23.2 Å². The molecule has 94 valence electrons. The van der Waals surface area contributed by atoms with Gasteiger partial charge in [-0.1, -0.05) is 18.0 Å². The monoisotopic (exact) mass is 274 g/mol. The summed E-state index contributed by atoms with van der Waals surface area (Å²) in [7, 11) is 3.25. The van der Waals surface area contributed by atoms with Crippen LogP contribution in [0.2, 0.25) is 5.02 Å². The minimum absolute atomic E-state index is 0.0463. The van der Waals surface area contributed by atoms with Crippen LogP contribution in [0.4, 0.5) is 0 Å². The van der Waals surface area contributed by atoms with Gasteiger partial charge in [0.1, 0.15) is 0 Å². The van der Waals surface area contributed by atoms with Gasteiger partial charge in [0.25, 0.3) is 0 Å². The van der Waals surface area contributed by atoms with Crippen molar-refractivity contribution in [3.05, 3.63) is 22.2 Å². The Morgan fingerprint density at radius 2 is 2.00 bits per heavy atom. The lowest BCUT2D eigenvalue weighted by Gasteiger charge is -2.19. The van der Waals surface area contributed by atoms with Crippen LogP contribution in [0.15, 0.2) is 6.07 Å². The van der Waals surface area contributed by atoms with Crippen LogP contribution in [0.25, 0.3) is 0 Å². The summed E-state index contributed by atoms with van der Waals surface area (Å²) in [4.78, 5) is 0. The van der Waals surface area contributed by atoms with Crippen molar-refractivity contribution in [1.29, 1.82) is 0 Å². The molecule has 0 bridgehead atoms. The highest BCUT2D eigenvalue weighted by Gasteiger charge is 2.25. The summed E-state index contributed by atoms with van der Waals surface area (Å²) >= 11 is 12.7. The lowest BCUT2D eigenvalue weighted by molar-refractivity contribution is 0.351. The Balaban J connectivity index is 2.64. The Hall–Kier alpha value is -0.600. The highest BCUT2D eigenvalue weighted by atomic mass is 35.5. The Morgan fingerprint density at radius 1 is 1.24 bits per heavy atom. The zero-order valence-electron chi connectivity index (χ0n) is 10.1. The van der Waals surface area contributed by atoms with Gasteiger partial charge in [0, 0.05) is 16.7 Å². The number of rotatable bonds is 2. The molecule has 0 fully saturated rings. The fraction of sp³-hybridized carbons (Fsp3) is 0.538. The van der Waals surface area contributed by atoms with E-state index in [0.717, 1.165) is 47.6 Å². The van der Waals surface area contributed by atoms with Gasteiger partial charge in [-0.15, -0.1) is 11.6 Å². The molecule has 1 aliphatic rings. The maximum atomic E-state index is 6.44. The number of hydrogen-bond donors (Lipinski definition) is 0. The van der Waals surface area contributed by atoms with Gasteiger partial charge in [0.2, 0.25) is 0 Å². The molecule has 0 saturated heterocycles. The third-order valence-electron chi connectivity index (χ3n) is 3.21. The average Bonchev–Trinajstić information content (AvgIpc) is 2.52. The molecule has 2 rings (SSSR count). The number of alkyl halides is 1. The quantitative estimate of drug-likeness (QED) is 0.589. The van der Waals surface area contributed by atoms with Crippen LogP contribution in [0.1, 0.15) is 35.8 Å². The van der Waals surface area contributed by atoms with Gasteiger partial charge in [-0.05, 0) is 24.8 Å². The predicted molar refractivity (Wildman–Crippen MR) is 70.7 cm³/mol. The van der Waals surface area contributed by atoms with Crippen molar-refractivity contribution in [3.8, 4) is 11.5 Å². The lowest BCUT2D eigenvalue weighted by atomic mass is 10.0. The first-order valence-corrected chi connectivity index (χ1v) is 6.57. The number of methoxy groups -OCH3 is 2. The predicted octanol–water partition coefficient (Wildman–Crippen LogP) is 4.36. The Kier molecular flexibility index (Phi) is 4.05. The molecule has 0 heterocycles. The standard InChI is InChI=1S/C13H16Cl2O2/c1-16-11-7-10(15)8-5-3-4-6-9(14)12(8)13(11)17-2/h7,9H,3-6H2,1-2H3. The highest BCUT2D eigenvalue weighted by Crippen LogP contribution is 2.46. The second kappa shape index (κ2) is 5.36. The zero-order valence-corrected chi connectivity index (χ0v) is 11.6. The third-order valence-corrected chi connectivity index (χ3v) is 3.98. The van der Waals surface area contributed by atoms with Gasteiger partial charge < -0.3 is 9.47 Å². The molecular formula is C13H16Cl2O2. The molecule has 1 aliphatic carbocycles. The average molecular weight is 275 g/mol. The molecule has 0 radical (unpaired) electrons. The van der Waals surface area contributed by atoms with Crippen LogP contribution in [0.3, 0.4) is 0 Å². The van der Waals surface area contributed by atoms with E-state index in [1.807, 2.05) is 6.07 Å². The first kappa shape index (κ1) is 12.8. The largest absolute Gasteiger partial charge is 0.493 e. The van der Waals surface area contributed by atoms with Gasteiger partial charge in [-0.2, -0.15) is 0 Å². The molecular weight excluding hydrogens is 259 g/mol. The van der Waals surface area contributed by atoms with E-state index in [0.29, 0.717) is 5.75 Å². The molecule has 0 spiro atoms. The number of ether oxygens (including phenoxy) is 2. The van der Waals surface area contributed by atoms with Crippen molar-refractivity contribution in [1.82, 2.24) is 0 Å². The molecule has 0 saturated carbocycles. The summed E-state index contributed by atoms with van der Waals surface area (Å²) < 4.78 is 10.8. The van der Waals surface area contributed by atoms with Crippen molar-refractivity contribution in [3.63, 3.8) is 0 Å². The molecule has 1 unspecified atom stereocenters. The number of benzene rings is 1. The number of fused-ring (bicyclic) bond motifs is 1. The summed E-state index contributed by atoms with van der Waals surface area (Å²) in [5.74, 6) is 1.39. The molecule has 0 aliphatic heterocycles. The topological polar surface area (TPSA) is 18.5 Å². The summed E-state index contributed by atoms with van der Waals surface area (Å²) in [6, 6.07) is 1.81. The van der Waals surface area contributed by atoms with Gasteiger partial charge in [0.15, 0.2) is 11.5 Å². The molecule has 17 heavy (non-hydrogen) atoms. The number of halogens is 2. The van der Waals surface area contributed by atoms with E-state index in [2.05, 4.69) is 0 Å². The van der Waals surface area contributed by atoms with E-state index < -0.39 is 0 Å². The summed E-state index contributed by atoms with van der Waals surface area (Å²) in [6.07, 6.45) is 4.14. The second-order valence-electron chi connectivity index (χ2n) is 4.20. The Bertz CT molecular complexity index is 418. The van der Waals surface area contributed by atoms with Crippen molar-refractivity contribution in [2.75, 3.05) is 14.2 Å². The van der Waals surface area contributed by atoms with Gasteiger partial charge in [-0.25, -0.2) is 0 Å². The van der Waals surface area contributed by atoms with Crippen LogP contribution < -0.4 is 9.47 Å². The molecule has 1 aromatic rings. The van der Waals surface area contributed by atoms with E-state index in [1.54, 1.807) is 14.2 Å². The molecule has 2 nitrogen and oxygen atoms in total. The fourth-order valence-electron chi connectivity index (χ4n) is 2.38. The molecule has 0 N–H and O–H groups in total. The maximum Gasteiger partial charge on any atom is 0.165 e. The lowest BCUT2D eigenvalue weighted by Crippen LogP contribution is -2.02. The van der Waals surface area contributed by atoms with Gasteiger partial charge >= 0.3 is 0 Å². The Morgan fingerprint density at radius 3 is 2.65 bits per heavy atom. The second-order valence-corrected chi connectivity index (χ2v) is 5.13. The van der Waals surface area contributed by atoms with Crippen LogP contribution in [-0.4, -0.2) is 14.2 Å². The first-order valence-electron chi connectivity index (χ1n) is 5.76. The summed E-state index contributed by atoms with van der Waals surface area (Å²) in [6.45, 7) is 0. The van der Waals surface area contributed by atoms with Crippen LogP contribution >= 0.6 is 23.2 Å². The molecule has 4 heteroatoms. The highest BCUT2D eigenvalue weighted by molar-refractivity contribution is 6.32. The van der Waals surface area contributed by atoms with E-state index in [1.165, 1.54) is 0 Å². The van der Waals surface area contributed by atoms with Crippen molar-refractivity contribution in [2.45, 2.75) is 31.1 Å². The zero-order chi connectivity index (χ0) is 12.4. The fourth-order valence-corrected chi connectivity index (χ4v) is 3.06. The minimum Gasteiger partial charge on any atom is -0.493 e. The van der Waals surface area contributed by atoms with E-state index in [9.17, 15) is 0 Å². The normalized spacial score (nSPS) is 19.4. The molecule has 0 amide bonds. The maximum absolute atomic E-state index is 6.44. The van der Waals surface area contributed by atoms with E-state index >= 15 is 0 Å². The van der Waals surface area contributed by atoms with Crippen molar-refractivity contribution in [2.24, 2.45) is 0 Å². The van der Waals surface area contributed by atoms with E-state index in [4.69, 9.17) is 32.7 Å². The summed E-state index contributed by atoms with van der Waals surface area (Å²) in [5, 5.41) is 0.681. The number of hydrogen-bond acceptors (Lipinski definition) is 2. The van der Waals surface area contributed by atoms with Crippen LogP contribution in [0.5, 0.6) is 11.5 Å². The molecule has 1 aromatic carbocycles. The van der Waals surface area contributed by atoms with Gasteiger partial charge in [-0.3, -0.25) is 0 Å². The molecule has 0 aromatic heterocycles. The van der Waals surface area contributed by atoms with E-state index in [-0.39, 0.29) is 5.38 Å². The third kappa shape index (κ3) is 2.34. The summed E-state index contributed by atoms with van der Waals surface area (Å²) in [5.41, 5.74) is 2.12. The van der Waals surface area contributed by atoms with Crippen molar-refractivity contribution < 1.29 is 9.47 Å².